The topological polar surface area (TPSA) is 49.6 Å². The first-order valence-corrected chi connectivity index (χ1v) is 10.4. The van der Waals surface area contributed by atoms with Crippen molar-refractivity contribution in [2.45, 2.75) is 13.5 Å². The molecule has 6 nitrogen and oxygen atoms in total. The summed E-state index contributed by atoms with van der Waals surface area (Å²) in [6, 6.07) is 19.1. The quantitative estimate of drug-likeness (QED) is 0.534. The fourth-order valence-corrected chi connectivity index (χ4v) is 4.51. The predicted molar refractivity (Wildman–Crippen MR) is 113 cm³/mol. The lowest BCUT2D eigenvalue weighted by Gasteiger charge is -2.35. The van der Waals surface area contributed by atoms with Crippen molar-refractivity contribution in [2.24, 2.45) is 0 Å². The number of nitrogens with zero attached hydrogens (tertiary/aromatic N) is 6. The van der Waals surface area contributed by atoms with Crippen LogP contribution in [0.3, 0.4) is 0 Å². The van der Waals surface area contributed by atoms with Gasteiger partial charge in [0, 0.05) is 37.4 Å². The van der Waals surface area contributed by atoms with Gasteiger partial charge in [-0.05, 0) is 25.1 Å². The second-order valence-electron chi connectivity index (χ2n) is 7.19. The predicted octanol–water partition coefficient (Wildman–Crippen LogP) is 3.48. The Kier molecular flexibility index (Phi) is 4.54. The Morgan fingerprint density at radius 2 is 1.75 bits per heavy atom. The van der Waals surface area contributed by atoms with Gasteiger partial charge >= 0.3 is 0 Å². The molecule has 1 aliphatic heterocycles. The molecule has 0 spiro atoms. The summed E-state index contributed by atoms with van der Waals surface area (Å²) >= 11 is 1.59. The number of aromatic nitrogens is 4. The summed E-state index contributed by atoms with van der Waals surface area (Å²) in [6.07, 6.45) is 0. The van der Waals surface area contributed by atoms with Crippen LogP contribution >= 0.6 is 11.3 Å². The fraction of sp³-hybridized carbons (Fsp3) is 0.286. The van der Waals surface area contributed by atoms with E-state index in [4.69, 9.17) is 5.10 Å². The Labute approximate surface area is 168 Å². The maximum Gasteiger partial charge on any atom is 0.235 e. The first kappa shape index (κ1) is 17.3. The highest BCUT2D eigenvalue weighted by Gasteiger charge is 2.20. The molecule has 28 heavy (non-hydrogen) atoms. The van der Waals surface area contributed by atoms with E-state index in [1.165, 1.54) is 11.3 Å². The van der Waals surface area contributed by atoms with Crippen LogP contribution in [0.2, 0.25) is 0 Å². The number of hydrogen-bond acceptors (Lipinski definition) is 6. The highest BCUT2D eigenvalue weighted by molar-refractivity contribution is 7.19. The summed E-state index contributed by atoms with van der Waals surface area (Å²) < 4.78 is 1.91. The van der Waals surface area contributed by atoms with Crippen LogP contribution in [0.1, 0.15) is 11.4 Å². The average Bonchev–Trinajstić information content (AvgIpc) is 3.31. The Hall–Kier alpha value is -2.77. The highest BCUT2D eigenvalue weighted by Crippen LogP contribution is 2.26. The van der Waals surface area contributed by atoms with Crippen molar-refractivity contribution < 1.29 is 0 Å². The summed E-state index contributed by atoms with van der Waals surface area (Å²) in [5, 5.41) is 14.5. The zero-order chi connectivity index (χ0) is 18.9. The van der Waals surface area contributed by atoms with Crippen molar-refractivity contribution in [3.63, 3.8) is 0 Å². The van der Waals surface area contributed by atoms with Gasteiger partial charge in [0.05, 0.1) is 6.54 Å². The number of anilines is 1. The van der Waals surface area contributed by atoms with Crippen molar-refractivity contribution in [3.05, 3.63) is 66.0 Å². The minimum Gasteiger partial charge on any atom is -0.369 e. The van der Waals surface area contributed by atoms with E-state index in [2.05, 4.69) is 81.5 Å². The molecule has 5 rings (SSSR count). The van der Waals surface area contributed by atoms with Crippen molar-refractivity contribution in [1.82, 2.24) is 24.7 Å². The van der Waals surface area contributed by atoms with Gasteiger partial charge in [-0.2, -0.15) is 9.61 Å². The number of aryl methyl sites for hydroxylation is 1. The van der Waals surface area contributed by atoms with Crippen LogP contribution in [-0.4, -0.2) is 50.9 Å². The Morgan fingerprint density at radius 3 is 2.54 bits per heavy atom. The van der Waals surface area contributed by atoms with E-state index in [1.54, 1.807) is 11.3 Å². The van der Waals surface area contributed by atoms with E-state index in [0.29, 0.717) is 0 Å². The second-order valence-corrected chi connectivity index (χ2v) is 8.14. The van der Waals surface area contributed by atoms with Crippen molar-refractivity contribution in [2.75, 3.05) is 31.1 Å². The number of rotatable bonds is 4. The lowest BCUT2D eigenvalue weighted by Crippen LogP contribution is -2.46. The molecule has 0 amide bonds. The third kappa shape index (κ3) is 3.39. The van der Waals surface area contributed by atoms with Crippen molar-refractivity contribution >= 4 is 22.0 Å². The highest BCUT2D eigenvalue weighted by atomic mass is 32.1. The van der Waals surface area contributed by atoms with Gasteiger partial charge in [0.15, 0.2) is 5.82 Å². The van der Waals surface area contributed by atoms with Gasteiger partial charge in [-0.3, -0.25) is 4.90 Å². The molecule has 2 aromatic carbocycles. The monoisotopic (exact) mass is 390 g/mol. The summed E-state index contributed by atoms with van der Waals surface area (Å²) in [7, 11) is 0. The number of benzene rings is 2. The zero-order valence-electron chi connectivity index (χ0n) is 15.8. The SMILES string of the molecule is Cc1cccc(-c2nn3c(CN4CCN(c5ccccc5)CC4)nnc3s2)c1. The first-order chi connectivity index (χ1) is 13.8. The summed E-state index contributed by atoms with van der Waals surface area (Å²) in [5.41, 5.74) is 3.67. The molecule has 2 aromatic heterocycles. The lowest BCUT2D eigenvalue weighted by molar-refractivity contribution is 0.242. The number of para-hydroxylation sites is 1. The number of piperazine rings is 1. The summed E-state index contributed by atoms with van der Waals surface area (Å²) in [6.45, 7) is 6.96. The Morgan fingerprint density at radius 1 is 0.929 bits per heavy atom. The number of fused-ring (bicyclic) bond motifs is 1. The zero-order valence-corrected chi connectivity index (χ0v) is 16.6. The van der Waals surface area contributed by atoms with Gasteiger partial charge < -0.3 is 4.90 Å². The molecule has 4 aromatic rings. The average molecular weight is 391 g/mol. The van der Waals surface area contributed by atoms with E-state index in [9.17, 15) is 0 Å². The third-order valence-corrected chi connectivity index (χ3v) is 6.13. The molecule has 0 saturated carbocycles. The van der Waals surface area contributed by atoms with E-state index < -0.39 is 0 Å². The molecule has 3 heterocycles. The first-order valence-electron chi connectivity index (χ1n) is 9.57. The van der Waals surface area contributed by atoms with E-state index in [0.717, 1.165) is 54.1 Å². The van der Waals surface area contributed by atoms with Crippen LogP contribution in [0.15, 0.2) is 54.6 Å². The molecular weight excluding hydrogens is 368 g/mol. The largest absolute Gasteiger partial charge is 0.369 e. The van der Waals surface area contributed by atoms with Crippen LogP contribution in [0, 0.1) is 6.92 Å². The molecule has 7 heteroatoms. The lowest BCUT2D eigenvalue weighted by atomic mass is 10.1. The maximum absolute atomic E-state index is 4.79. The molecule has 0 aliphatic carbocycles. The van der Waals surface area contributed by atoms with Crippen LogP contribution in [0.25, 0.3) is 15.5 Å². The van der Waals surface area contributed by atoms with Crippen LogP contribution in [0.5, 0.6) is 0 Å². The van der Waals surface area contributed by atoms with Crippen molar-refractivity contribution in [3.8, 4) is 10.6 Å². The molecule has 1 fully saturated rings. The molecule has 0 N–H and O–H groups in total. The fourth-order valence-electron chi connectivity index (χ4n) is 3.65. The second kappa shape index (κ2) is 7.33. The third-order valence-electron chi connectivity index (χ3n) is 5.18. The van der Waals surface area contributed by atoms with E-state index >= 15 is 0 Å². The molecule has 0 unspecified atom stereocenters. The minimum atomic E-state index is 0.779. The Bertz CT molecular complexity index is 1080. The van der Waals surface area contributed by atoms with Crippen LogP contribution < -0.4 is 4.90 Å². The van der Waals surface area contributed by atoms with Crippen LogP contribution in [0.4, 0.5) is 5.69 Å². The smallest absolute Gasteiger partial charge is 0.235 e. The van der Waals surface area contributed by atoms with Gasteiger partial charge in [-0.25, -0.2) is 0 Å². The number of hydrogen-bond donors (Lipinski definition) is 0. The van der Waals surface area contributed by atoms with Gasteiger partial charge in [-0.15, -0.1) is 10.2 Å². The summed E-state index contributed by atoms with van der Waals surface area (Å²) in [4.78, 5) is 5.73. The summed E-state index contributed by atoms with van der Waals surface area (Å²) in [5.74, 6) is 0.915. The van der Waals surface area contributed by atoms with Gasteiger partial charge in [0.25, 0.3) is 0 Å². The van der Waals surface area contributed by atoms with Gasteiger partial charge in [-0.1, -0.05) is 53.3 Å². The van der Waals surface area contributed by atoms with Gasteiger partial charge in [0.2, 0.25) is 4.96 Å². The van der Waals surface area contributed by atoms with Crippen LogP contribution in [-0.2, 0) is 6.54 Å². The molecular formula is C21H22N6S. The maximum atomic E-state index is 4.79. The standard InChI is InChI=1S/C21H22N6S/c1-16-6-5-7-17(14-16)20-24-27-19(22-23-21(27)28-20)15-25-10-12-26(13-11-25)18-8-3-2-4-9-18/h2-9,14H,10-13,15H2,1H3. The molecule has 0 bridgehead atoms. The molecule has 1 saturated heterocycles. The minimum absolute atomic E-state index is 0.779. The molecule has 1 aliphatic rings. The molecule has 0 radical (unpaired) electrons. The normalized spacial score (nSPS) is 15.4. The van der Waals surface area contributed by atoms with E-state index in [1.807, 2.05) is 4.52 Å². The molecule has 0 atom stereocenters. The van der Waals surface area contributed by atoms with Crippen molar-refractivity contribution in [1.29, 1.82) is 0 Å². The van der Waals surface area contributed by atoms with Gasteiger partial charge in [0.1, 0.15) is 5.01 Å². The van der Waals surface area contributed by atoms with E-state index in [-0.39, 0.29) is 0 Å². The molecule has 142 valence electrons. The Balaban J connectivity index is 1.30.